The first-order valence-corrected chi connectivity index (χ1v) is 5.08. The third kappa shape index (κ3) is 6.90. The van der Waals surface area contributed by atoms with Crippen LogP contribution >= 0.6 is 0 Å². The van der Waals surface area contributed by atoms with Crippen LogP contribution in [-0.4, -0.2) is 38.1 Å². The third-order valence-corrected chi connectivity index (χ3v) is 1.74. The van der Waals surface area contributed by atoms with Crippen molar-refractivity contribution in [3.63, 3.8) is 0 Å². The molecule has 5 nitrogen and oxygen atoms in total. The van der Waals surface area contributed by atoms with Gasteiger partial charge in [0.2, 0.25) is 5.91 Å². The highest BCUT2D eigenvalue weighted by molar-refractivity contribution is 5.86. The lowest BCUT2D eigenvalue weighted by Crippen LogP contribution is -2.47. The van der Waals surface area contributed by atoms with Crippen molar-refractivity contribution < 1.29 is 14.3 Å². The minimum atomic E-state index is -0.603. The molecule has 0 saturated heterocycles. The molecule has 2 atom stereocenters. The first-order valence-electron chi connectivity index (χ1n) is 5.08. The van der Waals surface area contributed by atoms with Crippen LogP contribution in [0.25, 0.3) is 0 Å². The molecule has 0 spiro atoms. The molecule has 0 saturated carbocycles. The van der Waals surface area contributed by atoms with E-state index in [2.05, 4.69) is 15.4 Å². The molecule has 0 aromatic rings. The molecule has 0 fully saturated rings. The molecule has 90 valence electrons. The first-order chi connectivity index (χ1) is 7.02. The van der Waals surface area contributed by atoms with Gasteiger partial charge in [-0.25, -0.2) is 4.79 Å². The van der Waals surface area contributed by atoms with Gasteiger partial charge in [0.1, 0.15) is 6.04 Å². The van der Waals surface area contributed by atoms with Crippen molar-refractivity contribution >= 4 is 11.9 Å². The molecular formula is C10H22N2O3. The predicted molar refractivity (Wildman–Crippen MR) is 59.5 cm³/mol. The second kappa shape index (κ2) is 9.45. The van der Waals surface area contributed by atoms with Gasteiger partial charge in [0.25, 0.3) is 0 Å². The number of esters is 1. The summed E-state index contributed by atoms with van der Waals surface area (Å²) in [5.74, 6) is -0.669. The molecular weight excluding hydrogens is 196 g/mol. The van der Waals surface area contributed by atoms with Crippen LogP contribution in [0.15, 0.2) is 0 Å². The molecule has 15 heavy (non-hydrogen) atoms. The van der Waals surface area contributed by atoms with Crippen LogP contribution in [0, 0.1) is 0 Å². The lowest BCUT2D eigenvalue weighted by Gasteiger charge is -2.14. The second-order valence-corrected chi connectivity index (χ2v) is 2.76. The maximum absolute atomic E-state index is 11.2. The fourth-order valence-corrected chi connectivity index (χ4v) is 0.705. The van der Waals surface area contributed by atoms with E-state index in [9.17, 15) is 9.59 Å². The Bertz CT molecular complexity index is 195. The SMILES string of the molecule is CC.CN[C@H](C)C(=O)NC(C)C(=O)OC. The summed E-state index contributed by atoms with van der Waals surface area (Å²) in [4.78, 5) is 22.1. The van der Waals surface area contributed by atoms with E-state index in [0.717, 1.165) is 0 Å². The molecule has 5 heteroatoms. The number of methoxy groups -OCH3 is 1. The number of carbonyl (C=O) groups excluding carboxylic acids is 2. The van der Waals surface area contributed by atoms with E-state index >= 15 is 0 Å². The van der Waals surface area contributed by atoms with E-state index in [1.54, 1.807) is 20.9 Å². The van der Waals surface area contributed by atoms with Crippen molar-refractivity contribution in [1.82, 2.24) is 10.6 Å². The minimum absolute atomic E-state index is 0.222. The number of amides is 1. The summed E-state index contributed by atoms with van der Waals surface area (Å²) in [6, 6.07) is -0.916. The van der Waals surface area contributed by atoms with Gasteiger partial charge in [0.05, 0.1) is 13.2 Å². The van der Waals surface area contributed by atoms with Crippen molar-refractivity contribution in [2.75, 3.05) is 14.2 Å². The predicted octanol–water partition coefficient (Wildman–Crippen LogP) is 0.298. The zero-order valence-corrected chi connectivity index (χ0v) is 10.4. The maximum atomic E-state index is 11.2. The summed E-state index contributed by atoms with van der Waals surface area (Å²) >= 11 is 0. The Hall–Kier alpha value is -1.10. The van der Waals surface area contributed by atoms with Gasteiger partial charge < -0.3 is 15.4 Å². The Morgan fingerprint density at radius 3 is 1.93 bits per heavy atom. The van der Waals surface area contributed by atoms with Gasteiger partial charge in [-0.05, 0) is 20.9 Å². The number of ether oxygens (including phenoxy) is 1. The lowest BCUT2D eigenvalue weighted by molar-refractivity contribution is -0.144. The molecule has 0 radical (unpaired) electrons. The molecule has 0 aliphatic rings. The van der Waals surface area contributed by atoms with Crippen molar-refractivity contribution in [2.45, 2.75) is 39.8 Å². The monoisotopic (exact) mass is 218 g/mol. The fraction of sp³-hybridized carbons (Fsp3) is 0.800. The first kappa shape index (κ1) is 16.3. The third-order valence-electron chi connectivity index (χ3n) is 1.74. The summed E-state index contributed by atoms with van der Waals surface area (Å²) in [6.07, 6.45) is 0. The summed E-state index contributed by atoms with van der Waals surface area (Å²) in [7, 11) is 2.96. The average molecular weight is 218 g/mol. The molecule has 2 N–H and O–H groups in total. The Morgan fingerprint density at radius 2 is 1.60 bits per heavy atom. The second-order valence-electron chi connectivity index (χ2n) is 2.76. The van der Waals surface area contributed by atoms with E-state index in [4.69, 9.17) is 0 Å². The van der Waals surface area contributed by atoms with Crippen LogP contribution in [-0.2, 0) is 14.3 Å². The fourth-order valence-electron chi connectivity index (χ4n) is 0.705. The van der Waals surface area contributed by atoms with Crippen molar-refractivity contribution in [2.24, 2.45) is 0 Å². The van der Waals surface area contributed by atoms with Crippen LogP contribution in [0.5, 0.6) is 0 Å². The number of rotatable bonds is 4. The number of carbonyl (C=O) groups is 2. The molecule has 0 aromatic heterocycles. The van der Waals surface area contributed by atoms with Gasteiger partial charge in [-0.2, -0.15) is 0 Å². The molecule has 0 bridgehead atoms. The molecule has 0 aliphatic heterocycles. The molecule has 1 unspecified atom stereocenters. The largest absolute Gasteiger partial charge is 0.467 e. The summed E-state index contributed by atoms with van der Waals surface area (Å²) in [5, 5.41) is 5.27. The van der Waals surface area contributed by atoms with Crippen LogP contribution in [0.2, 0.25) is 0 Å². The summed E-state index contributed by atoms with van der Waals surface area (Å²) in [6.45, 7) is 7.28. The van der Waals surface area contributed by atoms with Crippen molar-refractivity contribution in [3.05, 3.63) is 0 Å². The van der Waals surface area contributed by atoms with Crippen molar-refractivity contribution in [1.29, 1.82) is 0 Å². The van der Waals surface area contributed by atoms with Gasteiger partial charge in [-0.3, -0.25) is 4.79 Å². The van der Waals surface area contributed by atoms with Crippen LogP contribution in [0.4, 0.5) is 0 Å². The standard InChI is InChI=1S/C8H16N2O3.C2H6/c1-5(9-3)7(11)10-6(2)8(12)13-4;1-2/h5-6,9H,1-4H3,(H,10,11);1-2H3/t5-,6?;/m1./s1. The highest BCUT2D eigenvalue weighted by atomic mass is 16.5. The van der Waals surface area contributed by atoms with Gasteiger partial charge in [-0.15, -0.1) is 0 Å². The maximum Gasteiger partial charge on any atom is 0.328 e. The topological polar surface area (TPSA) is 67.4 Å². The van der Waals surface area contributed by atoms with E-state index in [0.29, 0.717) is 0 Å². The van der Waals surface area contributed by atoms with E-state index < -0.39 is 12.0 Å². The molecule has 0 aromatic carbocycles. The number of nitrogens with one attached hydrogen (secondary N) is 2. The Kier molecular flexibility index (Phi) is 10.3. The van der Waals surface area contributed by atoms with Crippen LogP contribution < -0.4 is 10.6 Å². The summed E-state index contributed by atoms with van der Waals surface area (Å²) in [5.41, 5.74) is 0. The van der Waals surface area contributed by atoms with Gasteiger partial charge in [0.15, 0.2) is 0 Å². The zero-order valence-electron chi connectivity index (χ0n) is 10.4. The lowest BCUT2D eigenvalue weighted by atomic mass is 10.2. The zero-order chi connectivity index (χ0) is 12.4. The molecule has 0 aliphatic carbocycles. The summed E-state index contributed by atoms with van der Waals surface area (Å²) < 4.78 is 4.45. The molecule has 0 heterocycles. The Morgan fingerprint density at radius 1 is 1.13 bits per heavy atom. The molecule has 1 amide bonds. The van der Waals surface area contributed by atoms with E-state index in [1.807, 2.05) is 13.8 Å². The van der Waals surface area contributed by atoms with E-state index in [-0.39, 0.29) is 11.9 Å². The number of hydrogen-bond acceptors (Lipinski definition) is 4. The smallest absolute Gasteiger partial charge is 0.328 e. The van der Waals surface area contributed by atoms with E-state index in [1.165, 1.54) is 7.11 Å². The number of hydrogen-bond donors (Lipinski definition) is 2. The highest BCUT2D eigenvalue weighted by Gasteiger charge is 2.18. The highest BCUT2D eigenvalue weighted by Crippen LogP contribution is 1.88. The van der Waals surface area contributed by atoms with Gasteiger partial charge in [0, 0.05) is 0 Å². The average Bonchev–Trinajstić information content (AvgIpc) is 2.29. The Balaban J connectivity index is 0. The van der Waals surface area contributed by atoms with Crippen molar-refractivity contribution in [3.8, 4) is 0 Å². The van der Waals surface area contributed by atoms with Crippen LogP contribution in [0.3, 0.4) is 0 Å². The Labute approximate surface area is 91.6 Å². The molecule has 0 rings (SSSR count). The minimum Gasteiger partial charge on any atom is -0.467 e. The van der Waals surface area contributed by atoms with Gasteiger partial charge >= 0.3 is 5.97 Å². The van der Waals surface area contributed by atoms with Crippen LogP contribution in [0.1, 0.15) is 27.7 Å². The van der Waals surface area contributed by atoms with Gasteiger partial charge in [-0.1, -0.05) is 13.8 Å². The number of likely N-dealkylation sites (N-methyl/N-ethyl adjacent to an activating group) is 1. The quantitative estimate of drug-likeness (QED) is 0.666. The normalized spacial score (nSPS) is 12.9.